The van der Waals surface area contributed by atoms with Crippen molar-refractivity contribution in [2.75, 3.05) is 0 Å². The van der Waals surface area contributed by atoms with Crippen LogP contribution in [0, 0.1) is 0 Å². The van der Waals surface area contributed by atoms with Gasteiger partial charge in [0.1, 0.15) is 6.61 Å². The van der Waals surface area contributed by atoms with Crippen LogP contribution in [0.1, 0.15) is 15.9 Å². The first-order valence-electron chi connectivity index (χ1n) is 5.17. The molecule has 0 aliphatic carbocycles. The molecule has 0 aliphatic heterocycles. The number of rotatable bonds is 4. The van der Waals surface area contributed by atoms with E-state index in [-0.39, 0.29) is 11.3 Å². The summed E-state index contributed by atoms with van der Waals surface area (Å²) in [5.41, 5.74) is 1.38. The van der Waals surface area contributed by atoms with E-state index in [0.717, 1.165) is 10.0 Å². The summed E-state index contributed by atoms with van der Waals surface area (Å²) in [6.45, 7) is 0.283. The van der Waals surface area contributed by atoms with Crippen LogP contribution in [-0.2, 0) is 13.7 Å². The van der Waals surface area contributed by atoms with E-state index in [1.54, 1.807) is 23.0 Å². The molecule has 18 heavy (non-hydrogen) atoms. The normalized spacial score (nSPS) is 10.4. The minimum Gasteiger partial charge on any atom is -0.472 e. The van der Waals surface area contributed by atoms with Gasteiger partial charge in [0, 0.05) is 34.9 Å². The Kier molecular flexibility index (Phi) is 4.19. The van der Waals surface area contributed by atoms with Crippen molar-refractivity contribution in [1.29, 1.82) is 0 Å². The zero-order chi connectivity index (χ0) is 13.1. The number of aryl methyl sites for hydroxylation is 1. The highest BCUT2D eigenvalue weighted by atomic mass is 79.9. The molecule has 4 nitrogen and oxygen atoms in total. The average Bonchev–Trinajstić information content (AvgIpc) is 2.73. The van der Waals surface area contributed by atoms with E-state index in [2.05, 4.69) is 37.0 Å². The third-order valence-electron chi connectivity index (χ3n) is 2.38. The highest BCUT2D eigenvalue weighted by Crippen LogP contribution is 2.24. The van der Waals surface area contributed by atoms with E-state index < -0.39 is 0 Å². The number of carbonyl (C=O) groups is 1. The Balaban J connectivity index is 2.20. The molecule has 6 heteroatoms. The van der Waals surface area contributed by atoms with E-state index in [1.807, 2.05) is 19.2 Å². The molecule has 0 spiro atoms. The van der Waals surface area contributed by atoms with Crippen LogP contribution in [0.4, 0.5) is 0 Å². The molecule has 0 aliphatic rings. The van der Waals surface area contributed by atoms with E-state index in [4.69, 9.17) is 4.74 Å². The van der Waals surface area contributed by atoms with Crippen LogP contribution >= 0.6 is 31.9 Å². The summed E-state index contributed by atoms with van der Waals surface area (Å²) in [6, 6.07) is 7.20. The Labute approximate surface area is 121 Å². The van der Waals surface area contributed by atoms with Gasteiger partial charge in [0.25, 0.3) is 0 Å². The molecule has 0 unspecified atom stereocenters. The average molecular weight is 374 g/mol. The zero-order valence-electron chi connectivity index (χ0n) is 9.56. The third kappa shape index (κ3) is 3.00. The van der Waals surface area contributed by atoms with Crippen molar-refractivity contribution < 1.29 is 9.53 Å². The minimum atomic E-state index is -0.163. The van der Waals surface area contributed by atoms with Crippen molar-refractivity contribution in [1.82, 2.24) is 9.78 Å². The number of hydrogen-bond donors (Lipinski definition) is 0. The molecule has 2 aromatic rings. The second-order valence-electron chi connectivity index (χ2n) is 3.66. The second kappa shape index (κ2) is 5.67. The van der Waals surface area contributed by atoms with Crippen molar-refractivity contribution in [2.45, 2.75) is 6.61 Å². The van der Waals surface area contributed by atoms with Crippen LogP contribution in [0.5, 0.6) is 5.88 Å². The summed E-state index contributed by atoms with van der Waals surface area (Å²) >= 11 is 6.38. The maximum atomic E-state index is 11.5. The van der Waals surface area contributed by atoms with Gasteiger partial charge in [-0.1, -0.05) is 28.1 Å². The van der Waals surface area contributed by atoms with Gasteiger partial charge in [0.2, 0.25) is 10.6 Å². The van der Waals surface area contributed by atoms with Gasteiger partial charge < -0.3 is 4.74 Å². The second-order valence-corrected chi connectivity index (χ2v) is 5.23. The van der Waals surface area contributed by atoms with Crippen molar-refractivity contribution >= 4 is 36.6 Å². The highest BCUT2D eigenvalue weighted by Gasteiger charge is 2.12. The summed E-state index contributed by atoms with van der Waals surface area (Å²) in [5, 5.41) is 4.11. The lowest BCUT2D eigenvalue weighted by atomic mass is 10.1. The number of benzene rings is 1. The monoisotopic (exact) mass is 372 g/mol. The topological polar surface area (TPSA) is 44.1 Å². The SMILES string of the molecule is Cn1ccc(OCc2c(Br)cccc2C(=O)Br)n1. The molecule has 0 saturated carbocycles. The molecule has 0 fully saturated rings. The van der Waals surface area contributed by atoms with E-state index in [0.29, 0.717) is 11.4 Å². The predicted molar refractivity (Wildman–Crippen MR) is 74.9 cm³/mol. The summed E-state index contributed by atoms with van der Waals surface area (Å²) in [7, 11) is 1.82. The summed E-state index contributed by atoms with van der Waals surface area (Å²) in [4.78, 5) is 11.5. The van der Waals surface area contributed by atoms with Gasteiger partial charge in [0.05, 0.1) is 0 Å². The number of ether oxygens (including phenoxy) is 1. The Bertz CT molecular complexity index is 581. The van der Waals surface area contributed by atoms with Crippen LogP contribution in [0.15, 0.2) is 34.9 Å². The third-order valence-corrected chi connectivity index (χ3v) is 3.55. The Morgan fingerprint density at radius 3 is 2.83 bits per heavy atom. The first-order valence-corrected chi connectivity index (χ1v) is 6.76. The molecular weight excluding hydrogens is 364 g/mol. The molecule has 1 aromatic heterocycles. The van der Waals surface area contributed by atoms with Gasteiger partial charge in [-0.15, -0.1) is 5.10 Å². The summed E-state index contributed by atoms with van der Waals surface area (Å²) < 4.78 is 7.88. The van der Waals surface area contributed by atoms with Crippen LogP contribution in [0.2, 0.25) is 0 Å². The number of nitrogens with zero attached hydrogens (tertiary/aromatic N) is 2. The minimum absolute atomic E-state index is 0.163. The molecule has 0 N–H and O–H groups in total. The quantitative estimate of drug-likeness (QED) is 0.772. The highest BCUT2D eigenvalue weighted by molar-refractivity contribution is 9.18. The Hall–Kier alpha value is -1.14. The molecular formula is C12H10Br2N2O2. The fourth-order valence-electron chi connectivity index (χ4n) is 1.51. The summed E-state index contributed by atoms with van der Waals surface area (Å²) in [5.74, 6) is 0.529. The van der Waals surface area contributed by atoms with Crippen molar-refractivity contribution in [2.24, 2.45) is 7.05 Å². The van der Waals surface area contributed by atoms with Gasteiger partial charge in [-0.05, 0) is 22.0 Å². The van der Waals surface area contributed by atoms with Gasteiger partial charge >= 0.3 is 0 Å². The first kappa shape index (κ1) is 13.3. The van der Waals surface area contributed by atoms with Crippen molar-refractivity contribution in [3.05, 3.63) is 46.1 Å². The molecule has 0 bridgehead atoms. The van der Waals surface area contributed by atoms with Gasteiger partial charge in [-0.3, -0.25) is 9.48 Å². The van der Waals surface area contributed by atoms with Crippen molar-refractivity contribution in [3.63, 3.8) is 0 Å². The number of aromatic nitrogens is 2. The fraction of sp³-hybridized carbons (Fsp3) is 0.167. The summed E-state index contributed by atoms with van der Waals surface area (Å²) in [6.07, 6.45) is 1.80. The predicted octanol–water partition coefficient (Wildman–Crippen LogP) is 3.30. The Morgan fingerprint density at radius 1 is 1.44 bits per heavy atom. The smallest absolute Gasteiger partial charge is 0.233 e. The van der Waals surface area contributed by atoms with Crippen molar-refractivity contribution in [3.8, 4) is 5.88 Å². The fourth-order valence-corrected chi connectivity index (χ4v) is 2.36. The largest absolute Gasteiger partial charge is 0.472 e. The number of carbonyl (C=O) groups excluding carboxylic acids is 1. The van der Waals surface area contributed by atoms with E-state index >= 15 is 0 Å². The molecule has 1 aromatic carbocycles. The Morgan fingerprint density at radius 2 is 2.22 bits per heavy atom. The molecule has 0 saturated heterocycles. The lowest BCUT2D eigenvalue weighted by molar-refractivity contribution is 0.109. The number of halogens is 2. The number of hydrogen-bond acceptors (Lipinski definition) is 3. The van der Waals surface area contributed by atoms with E-state index in [9.17, 15) is 4.79 Å². The van der Waals surface area contributed by atoms with Crippen LogP contribution in [0.3, 0.4) is 0 Å². The molecule has 0 atom stereocenters. The van der Waals surface area contributed by atoms with Crippen LogP contribution in [0.25, 0.3) is 0 Å². The van der Waals surface area contributed by atoms with Crippen LogP contribution < -0.4 is 4.74 Å². The first-order chi connectivity index (χ1) is 8.58. The molecule has 0 radical (unpaired) electrons. The molecule has 0 amide bonds. The lowest BCUT2D eigenvalue weighted by Crippen LogP contribution is -2.04. The standard InChI is InChI=1S/C12H10Br2N2O2/c1-16-6-5-11(15-16)18-7-9-8(12(14)17)3-2-4-10(9)13/h2-6H,7H2,1H3. The molecule has 1 heterocycles. The molecule has 2 rings (SSSR count). The van der Waals surface area contributed by atoms with Gasteiger partial charge in [-0.25, -0.2) is 0 Å². The van der Waals surface area contributed by atoms with Crippen LogP contribution in [-0.4, -0.2) is 14.5 Å². The molecule has 94 valence electrons. The zero-order valence-corrected chi connectivity index (χ0v) is 12.7. The van der Waals surface area contributed by atoms with Gasteiger partial charge in [0.15, 0.2) is 0 Å². The maximum Gasteiger partial charge on any atom is 0.233 e. The lowest BCUT2D eigenvalue weighted by Gasteiger charge is -2.09. The maximum absolute atomic E-state index is 11.5. The van der Waals surface area contributed by atoms with E-state index in [1.165, 1.54) is 0 Å². The van der Waals surface area contributed by atoms with Gasteiger partial charge in [-0.2, -0.15) is 0 Å².